The number of anilines is 2. The van der Waals surface area contributed by atoms with E-state index in [1.807, 2.05) is 12.3 Å². The summed E-state index contributed by atoms with van der Waals surface area (Å²) in [6.07, 6.45) is 2.27. The molecular formula is C14H18N4O2S. The van der Waals surface area contributed by atoms with E-state index in [1.165, 1.54) is 6.20 Å². The molecule has 7 heteroatoms. The summed E-state index contributed by atoms with van der Waals surface area (Å²) < 4.78 is 5.01. The number of nitrogen functional groups attached to an aromatic ring is 1. The van der Waals surface area contributed by atoms with E-state index in [2.05, 4.69) is 15.3 Å². The summed E-state index contributed by atoms with van der Waals surface area (Å²) in [6, 6.07) is 1.57. The third-order valence-electron chi connectivity index (χ3n) is 2.74. The van der Waals surface area contributed by atoms with Gasteiger partial charge in [-0.1, -0.05) is 0 Å². The number of esters is 1. The van der Waals surface area contributed by atoms with Crippen molar-refractivity contribution in [2.75, 3.05) is 24.2 Å². The highest BCUT2D eigenvalue weighted by Crippen LogP contribution is 2.17. The molecule has 0 saturated heterocycles. The molecule has 0 aliphatic rings. The Morgan fingerprint density at radius 3 is 3.00 bits per heavy atom. The second-order valence-electron chi connectivity index (χ2n) is 4.42. The number of hydrogen-bond donors (Lipinski definition) is 2. The first-order valence-electron chi connectivity index (χ1n) is 6.67. The minimum absolute atomic E-state index is 0.311. The van der Waals surface area contributed by atoms with Crippen LogP contribution < -0.4 is 11.1 Å². The monoisotopic (exact) mass is 306 g/mol. The number of nitrogens with zero attached hydrogens (tertiary/aromatic N) is 2. The van der Waals surface area contributed by atoms with E-state index in [-0.39, 0.29) is 0 Å². The van der Waals surface area contributed by atoms with Gasteiger partial charge in [0.05, 0.1) is 29.2 Å². The van der Waals surface area contributed by atoms with Crippen molar-refractivity contribution in [1.82, 2.24) is 9.97 Å². The van der Waals surface area contributed by atoms with Crippen LogP contribution in [0.1, 0.15) is 28.0 Å². The van der Waals surface area contributed by atoms with Gasteiger partial charge in [-0.05, 0) is 19.9 Å². The molecule has 2 aromatic rings. The van der Waals surface area contributed by atoms with Crippen molar-refractivity contribution >= 4 is 28.8 Å². The maximum absolute atomic E-state index is 11.9. The van der Waals surface area contributed by atoms with E-state index in [1.54, 1.807) is 24.3 Å². The lowest BCUT2D eigenvalue weighted by atomic mass is 10.2. The summed E-state index contributed by atoms with van der Waals surface area (Å²) in [4.78, 5) is 20.4. The summed E-state index contributed by atoms with van der Waals surface area (Å²) in [7, 11) is 0. The molecule has 0 atom stereocenters. The first-order chi connectivity index (χ1) is 10.1. The van der Waals surface area contributed by atoms with Gasteiger partial charge in [-0.15, -0.1) is 11.3 Å². The molecule has 0 saturated carbocycles. The topological polar surface area (TPSA) is 90.1 Å². The number of pyridine rings is 1. The number of thiazole rings is 1. The fraction of sp³-hybridized carbons (Fsp3) is 0.357. The molecule has 0 aliphatic heterocycles. The number of rotatable bonds is 6. The van der Waals surface area contributed by atoms with Crippen molar-refractivity contribution in [3.8, 4) is 0 Å². The quantitative estimate of drug-likeness (QED) is 0.796. The van der Waals surface area contributed by atoms with E-state index in [0.29, 0.717) is 30.2 Å². The summed E-state index contributed by atoms with van der Waals surface area (Å²) in [5.74, 6) is 0.0545. The molecule has 2 heterocycles. The molecule has 0 spiro atoms. The van der Waals surface area contributed by atoms with Crippen molar-refractivity contribution in [3.05, 3.63) is 33.9 Å². The standard InChI is InChI=1S/C14H18N4O2S/c1-3-20-14(19)12-6-10(15)7-17-13(12)16-5-4-11-8-21-9(2)18-11/h6-8H,3-5,15H2,1-2H3,(H,16,17). The number of hydrogen-bond acceptors (Lipinski definition) is 7. The van der Waals surface area contributed by atoms with Crippen molar-refractivity contribution in [3.63, 3.8) is 0 Å². The van der Waals surface area contributed by atoms with Crippen LogP contribution in [-0.4, -0.2) is 29.1 Å². The molecule has 0 unspecified atom stereocenters. The first-order valence-corrected chi connectivity index (χ1v) is 7.55. The zero-order valence-electron chi connectivity index (χ0n) is 12.0. The van der Waals surface area contributed by atoms with Gasteiger partial charge in [-0.3, -0.25) is 0 Å². The zero-order chi connectivity index (χ0) is 15.2. The fourth-order valence-electron chi connectivity index (χ4n) is 1.82. The number of nitrogens with two attached hydrogens (primary N) is 1. The molecule has 2 aromatic heterocycles. The van der Waals surface area contributed by atoms with Gasteiger partial charge in [-0.2, -0.15) is 0 Å². The second-order valence-corrected chi connectivity index (χ2v) is 5.48. The van der Waals surface area contributed by atoms with Gasteiger partial charge in [0.1, 0.15) is 11.4 Å². The Balaban J connectivity index is 2.03. The Hall–Kier alpha value is -2.15. The van der Waals surface area contributed by atoms with Crippen molar-refractivity contribution in [1.29, 1.82) is 0 Å². The molecule has 0 aromatic carbocycles. The number of aryl methyl sites for hydroxylation is 1. The molecule has 0 aliphatic carbocycles. The number of carbonyl (C=O) groups is 1. The van der Waals surface area contributed by atoms with Crippen LogP contribution in [-0.2, 0) is 11.2 Å². The van der Waals surface area contributed by atoms with Crippen LogP contribution in [0.25, 0.3) is 0 Å². The first kappa shape index (κ1) is 15.2. The van der Waals surface area contributed by atoms with Gasteiger partial charge in [-0.25, -0.2) is 14.8 Å². The van der Waals surface area contributed by atoms with Crippen LogP contribution in [0.5, 0.6) is 0 Å². The highest BCUT2D eigenvalue weighted by atomic mass is 32.1. The molecule has 0 bridgehead atoms. The molecule has 2 rings (SSSR count). The molecule has 112 valence electrons. The number of aromatic nitrogens is 2. The fourth-order valence-corrected chi connectivity index (χ4v) is 2.47. The Morgan fingerprint density at radius 2 is 2.33 bits per heavy atom. The number of ether oxygens (including phenoxy) is 1. The van der Waals surface area contributed by atoms with E-state index in [4.69, 9.17) is 10.5 Å². The molecule has 21 heavy (non-hydrogen) atoms. The van der Waals surface area contributed by atoms with E-state index in [0.717, 1.165) is 17.1 Å². The average molecular weight is 306 g/mol. The van der Waals surface area contributed by atoms with Gasteiger partial charge in [0.25, 0.3) is 0 Å². The molecule has 0 radical (unpaired) electrons. The summed E-state index contributed by atoms with van der Waals surface area (Å²) in [5, 5.41) is 6.21. The average Bonchev–Trinajstić information content (AvgIpc) is 2.86. The summed E-state index contributed by atoms with van der Waals surface area (Å²) in [6.45, 7) is 4.68. The smallest absolute Gasteiger partial charge is 0.341 e. The van der Waals surface area contributed by atoms with Crippen LogP contribution in [0.2, 0.25) is 0 Å². The highest BCUT2D eigenvalue weighted by Gasteiger charge is 2.14. The lowest BCUT2D eigenvalue weighted by molar-refractivity contribution is 0.0527. The third-order valence-corrected chi connectivity index (χ3v) is 3.57. The number of carbonyl (C=O) groups excluding carboxylic acids is 1. The van der Waals surface area contributed by atoms with E-state index in [9.17, 15) is 4.79 Å². The second kappa shape index (κ2) is 7.03. The summed E-state index contributed by atoms with van der Waals surface area (Å²) >= 11 is 1.62. The van der Waals surface area contributed by atoms with Gasteiger partial charge >= 0.3 is 5.97 Å². The Labute approximate surface area is 127 Å². The van der Waals surface area contributed by atoms with E-state index >= 15 is 0 Å². The SMILES string of the molecule is CCOC(=O)c1cc(N)cnc1NCCc1csc(C)n1. The predicted octanol–water partition coefficient (Wildman–Crippen LogP) is 2.26. The van der Waals surface area contributed by atoms with Crippen molar-refractivity contribution in [2.24, 2.45) is 0 Å². The van der Waals surface area contributed by atoms with Crippen molar-refractivity contribution in [2.45, 2.75) is 20.3 Å². The highest BCUT2D eigenvalue weighted by molar-refractivity contribution is 7.09. The molecule has 0 fully saturated rings. The van der Waals surface area contributed by atoms with E-state index < -0.39 is 5.97 Å². The van der Waals surface area contributed by atoms with Gasteiger partial charge in [0.15, 0.2) is 0 Å². The Bertz CT molecular complexity index is 627. The molecule has 3 N–H and O–H groups in total. The largest absolute Gasteiger partial charge is 0.462 e. The summed E-state index contributed by atoms with van der Waals surface area (Å²) in [5.41, 5.74) is 7.49. The minimum atomic E-state index is -0.427. The lowest BCUT2D eigenvalue weighted by Gasteiger charge is -2.10. The normalized spacial score (nSPS) is 10.4. The Kier molecular flexibility index (Phi) is 5.10. The maximum atomic E-state index is 11.9. The van der Waals surface area contributed by atoms with Gasteiger partial charge in [0, 0.05) is 18.3 Å². The van der Waals surface area contributed by atoms with Gasteiger partial charge < -0.3 is 15.8 Å². The van der Waals surface area contributed by atoms with Crippen LogP contribution in [0.4, 0.5) is 11.5 Å². The lowest BCUT2D eigenvalue weighted by Crippen LogP contribution is -2.14. The minimum Gasteiger partial charge on any atom is -0.462 e. The number of nitrogens with one attached hydrogen (secondary N) is 1. The van der Waals surface area contributed by atoms with Gasteiger partial charge in [0.2, 0.25) is 0 Å². The van der Waals surface area contributed by atoms with Crippen LogP contribution in [0.15, 0.2) is 17.6 Å². The Morgan fingerprint density at radius 1 is 1.52 bits per heavy atom. The maximum Gasteiger partial charge on any atom is 0.341 e. The molecule has 0 amide bonds. The van der Waals surface area contributed by atoms with Crippen LogP contribution in [0.3, 0.4) is 0 Å². The molecular weight excluding hydrogens is 288 g/mol. The van der Waals surface area contributed by atoms with Crippen molar-refractivity contribution < 1.29 is 9.53 Å². The zero-order valence-corrected chi connectivity index (χ0v) is 12.9. The third kappa shape index (κ3) is 4.16. The van der Waals surface area contributed by atoms with Crippen LogP contribution in [0, 0.1) is 6.92 Å². The predicted molar refractivity (Wildman–Crippen MR) is 83.7 cm³/mol. The molecule has 6 nitrogen and oxygen atoms in total. The van der Waals surface area contributed by atoms with Crippen LogP contribution >= 0.6 is 11.3 Å².